The quantitative estimate of drug-likeness (QED) is 0.886. The van der Waals surface area contributed by atoms with Crippen molar-refractivity contribution in [2.45, 2.75) is 24.1 Å². The van der Waals surface area contributed by atoms with Crippen LogP contribution < -0.4 is 5.32 Å². The van der Waals surface area contributed by atoms with E-state index in [0.717, 1.165) is 10.7 Å². The minimum absolute atomic E-state index is 0.317. The van der Waals surface area contributed by atoms with Crippen molar-refractivity contribution in [1.82, 2.24) is 15.1 Å². The second-order valence-corrected chi connectivity index (χ2v) is 5.57. The Hall–Kier alpha value is -0.190. The lowest BCUT2D eigenvalue weighted by atomic mass is 10.1. The van der Waals surface area contributed by atoms with Crippen LogP contribution in [0.3, 0.4) is 0 Å². The average molecular weight is 246 g/mol. The minimum atomic E-state index is 0.317. The fraction of sp³-hybridized carbons (Fsp3) is 0.700. The summed E-state index contributed by atoms with van der Waals surface area (Å²) in [6, 6.07) is 0.317. The van der Waals surface area contributed by atoms with E-state index < -0.39 is 0 Å². The predicted molar refractivity (Wildman–Crippen MR) is 65.5 cm³/mol. The van der Waals surface area contributed by atoms with E-state index in [0.29, 0.717) is 11.3 Å². The monoisotopic (exact) mass is 245 g/mol. The van der Waals surface area contributed by atoms with Crippen LogP contribution in [-0.2, 0) is 7.05 Å². The van der Waals surface area contributed by atoms with Gasteiger partial charge in [-0.15, -0.1) is 0 Å². The second kappa shape index (κ2) is 4.76. The van der Waals surface area contributed by atoms with Crippen molar-refractivity contribution < 1.29 is 0 Å². The topological polar surface area (TPSA) is 29.9 Å². The number of hydrogen-bond donors (Lipinski definition) is 1. The molecule has 15 heavy (non-hydrogen) atoms. The van der Waals surface area contributed by atoms with Crippen LogP contribution in [0.1, 0.15) is 24.6 Å². The van der Waals surface area contributed by atoms with Crippen LogP contribution in [-0.4, -0.2) is 27.8 Å². The summed E-state index contributed by atoms with van der Waals surface area (Å²) in [5.74, 6) is 1.26. The lowest BCUT2D eigenvalue weighted by Gasteiger charge is -2.22. The summed E-state index contributed by atoms with van der Waals surface area (Å²) in [6.07, 6.45) is 4.29. The first-order valence-electron chi connectivity index (χ1n) is 5.20. The van der Waals surface area contributed by atoms with Gasteiger partial charge in [-0.3, -0.25) is 4.68 Å². The molecule has 1 aromatic heterocycles. The van der Waals surface area contributed by atoms with Crippen molar-refractivity contribution in [3.8, 4) is 0 Å². The van der Waals surface area contributed by atoms with Crippen LogP contribution in [0.15, 0.2) is 6.20 Å². The molecule has 5 heteroatoms. The van der Waals surface area contributed by atoms with Crippen LogP contribution in [0, 0.1) is 0 Å². The molecule has 0 aromatic carbocycles. The summed E-state index contributed by atoms with van der Waals surface area (Å²) in [7, 11) is 3.94. The Balaban J connectivity index is 2.25. The van der Waals surface area contributed by atoms with Crippen molar-refractivity contribution in [1.29, 1.82) is 0 Å². The molecular weight excluding hydrogens is 230 g/mol. The van der Waals surface area contributed by atoms with Gasteiger partial charge in [0.25, 0.3) is 0 Å². The van der Waals surface area contributed by atoms with Gasteiger partial charge >= 0.3 is 0 Å². The summed E-state index contributed by atoms with van der Waals surface area (Å²) in [6.45, 7) is 0. The highest BCUT2D eigenvalue weighted by Crippen LogP contribution is 2.37. The number of nitrogens with zero attached hydrogens (tertiary/aromatic N) is 2. The first kappa shape index (κ1) is 11.3. The van der Waals surface area contributed by atoms with E-state index in [2.05, 4.69) is 10.4 Å². The van der Waals surface area contributed by atoms with Crippen LogP contribution in [0.25, 0.3) is 0 Å². The number of nitrogens with one attached hydrogen (secondary N) is 1. The molecule has 1 aromatic rings. The molecule has 2 unspecified atom stereocenters. The third kappa shape index (κ3) is 2.17. The van der Waals surface area contributed by atoms with E-state index >= 15 is 0 Å². The first-order valence-corrected chi connectivity index (χ1v) is 6.63. The third-order valence-electron chi connectivity index (χ3n) is 2.88. The predicted octanol–water partition coefficient (Wildman–Crippen LogP) is 2.23. The summed E-state index contributed by atoms with van der Waals surface area (Å²) < 4.78 is 1.88. The zero-order valence-corrected chi connectivity index (χ0v) is 10.6. The Kier molecular flexibility index (Phi) is 3.59. The normalized spacial score (nSPS) is 23.3. The third-order valence-corrected chi connectivity index (χ3v) is 4.63. The maximum absolute atomic E-state index is 6.16. The van der Waals surface area contributed by atoms with Gasteiger partial charge in [0.1, 0.15) is 0 Å². The molecule has 1 aliphatic heterocycles. The van der Waals surface area contributed by atoms with Crippen LogP contribution in [0.5, 0.6) is 0 Å². The number of thioether (sulfide) groups is 1. The minimum Gasteiger partial charge on any atom is -0.311 e. The molecule has 1 fully saturated rings. The van der Waals surface area contributed by atoms with Gasteiger partial charge in [0.05, 0.1) is 23.0 Å². The van der Waals surface area contributed by atoms with Crippen LogP contribution >= 0.6 is 23.4 Å². The summed E-state index contributed by atoms with van der Waals surface area (Å²) in [5, 5.41) is 8.95. The fourth-order valence-electron chi connectivity index (χ4n) is 2.13. The molecule has 0 saturated carbocycles. The number of aromatic nitrogens is 2. The van der Waals surface area contributed by atoms with Gasteiger partial charge in [-0.25, -0.2) is 0 Å². The molecule has 2 heterocycles. The van der Waals surface area contributed by atoms with E-state index in [4.69, 9.17) is 11.6 Å². The second-order valence-electron chi connectivity index (χ2n) is 3.82. The molecule has 0 aliphatic carbocycles. The van der Waals surface area contributed by atoms with Crippen molar-refractivity contribution in [3.05, 3.63) is 16.9 Å². The molecule has 0 radical (unpaired) electrons. The number of rotatable bonds is 3. The Labute approximate surface area is 99.6 Å². The largest absolute Gasteiger partial charge is 0.311 e. The standard InChI is InChI=1S/C10H16ClN3S/c1-12-9(8-4-3-5-15-8)10-7(11)6-13-14(10)2/h6,8-9,12H,3-5H2,1-2H3. The maximum atomic E-state index is 6.16. The van der Waals surface area contributed by atoms with E-state index in [-0.39, 0.29) is 0 Å². The molecule has 0 bridgehead atoms. The lowest BCUT2D eigenvalue weighted by Crippen LogP contribution is -2.28. The molecule has 2 rings (SSSR count). The number of aryl methyl sites for hydroxylation is 1. The Morgan fingerprint density at radius 1 is 1.73 bits per heavy atom. The van der Waals surface area contributed by atoms with Gasteiger partial charge in [0, 0.05) is 12.3 Å². The molecule has 1 saturated heterocycles. The average Bonchev–Trinajstić information content (AvgIpc) is 2.83. The summed E-state index contributed by atoms with van der Waals surface area (Å²) in [4.78, 5) is 0. The van der Waals surface area contributed by atoms with Gasteiger partial charge < -0.3 is 5.32 Å². The van der Waals surface area contributed by atoms with Crippen molar-refractivity contribution in [2.75, 3.05) is 12.8 Å². The number of hydrogen-bond acceptors (Lipinski definition) is 3. The van der Waals surface area contributed by atoms with Crippen molar-refractivity contribution in [3.63, 3.8) is 0 Å². The zero-order chi connectivity index (χ0) is 10.8. The van der Waals surface area contributed by atoms with Crippen molar-refractivity contribution >= 4 is 23.4 Å². The lowest BCUT2D eigenvalue weighted by molar-refractivity contribution is 0.510. The van der Waals surface area contributed by atoms with Gasteiger partial charge in [0.2, 0.25) is 0 Å². The molecule has 84 valence electrons. The highest BCUT2D eigenvalue weighted by atomic mass is 35.5. The van der Waals surface area contributed by atoms with Crippen LogP contribution in [0.4, 0.5) is 0 Å². The van der Waals surface area contributed by atoms with Crippen molar-refractivity contribution in [2.24, 2.45) is 7.05 Å². The Morgan fingerprint density at radius 2 is 2.53 bits per heavy atom. The summed E-state index contributed by atoms with van der Waals surface area (Å²) in [5.41, 5.74) is 1.11. The Morgan fingerprint density at radius 3 is 3.00 bits per heavy atom. The molecule has 1 N–H and O–H groups in total. The van der Waals surface area contributed by atoms with Gasteiger partial charge in [-0.2, -0.15) is 16.9 Å². The first-order chi connectivity index (χ1) is 7.24. The molecule has 0 spiro atoms. The zero-order valence-electron chi connectivity index (χ0n) is 9.03. The molecule has 0 amide bonds. The van der Waals surface area contributed by atoms with E-state index in [1.165, 1.54) is 18.6 Å². The van der Waals surface area contributed by atoms with Crippen LogP contribution in [0.2, 0.25) is 5.02 Å². The van der Waals surface area contributed by atoms with E-state index in [1.54, 1.807) is 6.20 Å². The highest BCUT2D eigenvalue weighted by molar-refractivity contribution is 8.00. The van der Waals surface area contributed by atoms with E-state index in [1.807, 2.05) is 30.5 Å². The van der Waals surface area contributed by atoms with Gasteiger partial charge in [-0.1, -0.05) is 11.6 Å². The Bertz CT molecular complexity index is 314. The maximum Gasteiger partial charge on any atom is 0.0834 e. The van der Waals surface area contributed by atoms with Gasteiger partial charge in [-0.05, 0) is 25.6 Å². The molecule has 2 atom stereocenters. The molecule has 1 aliphatic rings. The highest BCUT2D eigenvalue weighted by Gasteiger charge is 2.29. The number of halogens is 1. The molecular formula is C10H16ClN3S. The smallest absolute Gasteiger partial charge is 0.0834 e. The van der Waals surface area contributed by atoms with E-state index in [9.17, 15) is 0 Å². The summed E-state index contributed by atoms with van der Waals surface area (Å²) >= 11 is 8.19. The fourth-order valence-corrected chi connectivity index (χ4v) is 3.84. The molecule has 3 nitrogen and oxygen atoms in total. The SMILES string of the molecule is CNC(c1c(Cl)cnn1C)C1CCCS1. The van der Waals surface area contributed by atoms with Gasteiger partial charge in [0.15, 0.2) is 0 Å².